The van der Waals surface area contributed by atoms with Gasteiger partial charge in [-0.15, -0.1) is 0 Å². The SMILES string of the molecule is CNC(=O)CNC(=O)c1ccc(-c2ccc(NC(=O)c3cc4ccccc4o3)cc2)o1. The molecule has 0 spiro atoms. The van der Waals surface area contributed by atoms with Crippen LogP contribution in [0, 0.1) is 0 Å². The summed E-state index contributed by atoms with van der Waals surface area (Å²) in [6.07, 6.45) is 0. The number of rotatable bonds is 6. The van der Waals surface area contributed by atoms with E-state index in [0.717, 1.165) is 10.9 Å². The van der Waals surface area contributed by atoms with Crippen LogP contribution in [0.15, 0.2) is 75.6 Å². The number of nitrogens with one attached hydrogen (secondary N) is 3. The van der Waals surface area contributed by atoms with Crippen LogP contribution >= 0.6 is 0 Å². The highest BCUT2D eigenvalue weighted by molar-refractivity contribution is 6.04. The molecule has 0 aliphatic heterocycles. The number of para-hydroxylation sites is 1. The maximum Gasteiger partial charge on any atom is 0.291 e. The second kappa shape index (κ2) is 8.58. The van der Waals surface area contributed by atoms with Crippen molar-refractivity contribution in [2.45, 2.75) is 0 Å². The zero-order valence-electron chi connectivity index (χ0n) is 16.6. The second-order valence-electron chi connectivity index (χ2n) is 6.70. The molecule has 31 heavy (non-hydrogen) atoms. The highest BCUT2D eigenvalue weighted by Crippen LogP contribution is 2.25. The topological polar surface area (TPSA) is 114 Å². The van der Waals surface area contributed by atoms with Crippen molar-refractivity contribution in [1.29, 1.82) is 0 Å². The molecule has 8 nitrogen and oxygen atoms in total. The van der Waals surface area contributed by atoms with E-state index in [1.54, 1.807) is 42.5 Å². The Morgan fingerprint density at radius 1 is 0.839 bits per heavy atom. The van der Waals surface area contributed by atoms with Gasteiger partial charge in [0.05, 0.1) is 6.54 Å². The Morgan fingerprint density at radius 3 is 2.35 bits per heavy atom. The lowest BCUT2D eigenvalue weighted by Crippen LogP contribution is -2.34. The van der Waals surface area contributed by atoms with Gasteiger partial charge in [0.1, 0.15) is 11.3 Å². The van der Waals surface area contributed by atoms with E-state index in [-0.39, 0.29) is 29.9 Å². The van der Waals surface area contributed by atoms with Gasteiger partial charge in [0.15, 0.2) is 11.5 Å². The number of anilines is 1. The molecule has 3 N–H and O–H groups in total. The molecule has 0 fully saturated rings. The minimum absolute atomic E-state index is 0.0983. The number of benzene rings is 2. The largest absolute Gasteiger partial charge is 0.451 e. The number of hydrogen-bond donors (Lipinski definition) is 3. The monoisotopic (exact) mass is 417 g/mol. The standard InChI is InChI=1S/C23H19N3O5/c1-24-21(27)13-25-22(28)19-11-10-18(30-19)14-6-8-16(9-7-14)26-23(29)20-12-15-4-2-3-5-17(15)31-20/h2-12H,13H2,1H3,(H,24,27)(H,25,28)(H,26,29). The maximum absolute atomic E-state index is 12.5. The molecule has 2 aromatic heterocycles. The van der Waals surface area contributed by atoms with Crippen LogP contribution in [0.4, 0.5) is 5.69 Å². The van der Waals surface area contributed by atoms with Crippen LogP contribution in [-0.4, -0.2) is 31.3 Å². The van der Waals surface area contributed by atoms with E-state index >= 15 is 0 Å². The quantitative estimate of drug-likeness (QED) is 0.445. The molecule has 2 aromatic carbocycles. The average molecular weight is 417 g/mol. The Bertz CT molecular complexity index is 1220. The Labute approximate surface area is 177 Å². The van der Waals surface area contributed by atoms with Crippen molar-refractivity contribution in [2.24, 2.45) is 0 Å². The Balaban J connectivity index is 1.41. The second-order valence-corrected chi connectivity index (χ2v) is 6.70. The van der Waals surface area contributed by atoms with E-state index in [9.17, 15) is 14.4 Å². The first-order valence-electron chi connectivity index (χ1n) is 9.52. The van der Waals surface area contributed by atoms with Crippen molar-refractivity contribution in [3.8, 4) is 11.3 Å². The third-order valence-corrected chi connectivity index (χ3v) is 4.59. The number of hydrogen-bond acceptors (Lipinski definition) is 5. The van der Waals surface area contributed by atoms with Crippen LogP contribution in [0.5, 0.6) is 0 Å². The van der Waals surface area contributed by atoms with Crippen molar-refractivity contribution >= 4 is 34.4 Å². The Morgan fingerprint density at radius 2 is 1.61 bits per heavy atom. The highest BCUT2D eigenvalue weighted by Gasteiger charge is 2.14. The number of fused-ring (bicyclic) bond motifs is 1. The average Bonchev–Trinajstić information content (AvgIpc) is 3.45. The fourth-order valence-corrected chi connectivity index (χ4v) is 2.96. The molecular formula is C23H19N3O5. The molecule has 8 heteroatoms. The van der Waals surface area contributed by atoms with Crippen LogP contribution in [0.1, 0.15) is 21.1 Å². The van der Waals surface area contributed by atoms with Crippen LogP contribution in [0.2, 0.25) is 0 Å². The van der Waals surface area contributed by atoms with Crippen molar-refractivity contribution in [3.05, 3.63) is 78.3 Å². The van der Waals surface area contributed by atoms with Crippen LogP contribution in [-0.2, 0) is 4.79 Å². The summed E-state index contributed by atoms with van der Waals surface area (Å²) >= 11 is 0. The molecule has 0 saturated heterocycles. The number of likely N-dealkylation sites (N-methyl/N-ethyl adjacent to an activating group) is 1. The van der Waals surface area contributed by atoms with Crippen molar-refractivity contribution in [3.63, 3.8) is 0 Å². The molecule has 0 aliphatic rings. The van der Waals surface area contributed by atoms with Gasteiger partial charge in [0.2, 0.25) is 5.91 Å². The summed E-state index contributed by atoms with van der Waals surface area (Å²) < 4.78 is 11.1. The fraction of sp³-hybridized carbons (Fsp3) is 0.0870. The normalized spacial score (nSPS) is 10.6. The molecule has 3 amide bonds. The molecule has 4 rings (SSSR count). The zero-order chi connectivity index (χ0) is 21.8. The van der Waals surface area contributed by atoms with E-state index in [0.29, 0.717) is 17.0 Å². The minimum Gasteiger partial charge on any atom is -0.451 e. The van der Waals surface area contributed by atoms with Gasteiger partial charge in [0.25, 0.3) is 11.8 Å². The molecule has 0 saturated carbocycles. The highest BCUT2D eigenvalue weighted by atomic mass is 16.4. The van der Waals surface area contributed by atoms with Crippen LogP contribution < -0.4 is 16.0 Å². The van der Waals surface area contributed by atoms with Gasteiger partial charge in [-0.3, -0.25) is 14.4 Å². The van der Waals surface area contributed by atoms with Crippen LogP contribution in [0.25, 0.3) is 22.3 Å². The molecule has 0 aliphatic carbocycles. The van der Waals surface area contributed by atoms with E-state index in [2.05, 4.69) is 16.0 Å². The number of amides is 3. The maximum atomic E-state index is 12.5. The molecule has 0 bridgehead atoms. The minimum atomic E-state index is -0.482. The van der Waals surface area contributed by atoms with E-state index in [1.807, 2.05) is 18.2 Å². The Hall–Kier alpha value is -4.33. The predicted octanol–water partition coefficient (Wildman–Crippen LogP) is 3.42. The van der Waals surface area contributed by atoms with Crippen LogP contribution in [0.3, 0.4) is 0 Å². The summed E-state index contributed by atoms with van der Waals surface area (Å²) in [5.74, 6) is -0.327. The summed E-state index contributed by atoms with van der Waals surface area (Å²) in [6, 6.07) is 19.3. The summed E-state index contributed by atoms with van der Waals surface area (Å²) in [7, 11) is 1.49. The third-order valence-electron chi connectivity index (χ3n) is 4.59. The zero-order valence-corrected chi connectivity index (χ0v) is 16.6. The molecule has 0 atom stereocenters. The summed E-state index contributed by atoms with van der Waals surface area (Å²) in [5.41, 5.74) is 1.97. The molecule has 0 radical (unpaired) electrons. The van der Waals surface area contributed by atoms with Crippen molar-refractivity contribution in [2.75, 3.05) is 18.9 Å². The number of carbonyl (C=O) groups is 3. The first-order chi connectivity index (χ1) is 15.0. The van der Waals surface area contributed by atoms with Gasteiger partial charge < -0.3 is 24.8 Å². The predicted molar refractivity (Wildman–Crippen MR) is 115 cm³/mol. The number of furan rings is 2. The van der Waals surface area contributed by atoms with Gasteiger partial charge >= 0.3 is 0 Å². The summed E-state index contributed by atoms with van der Waals surface area (Å²) in [6.45, 7) is -0.134. The molecule has 0 unspecified atom stereocenters. The lowest BCUT2D eigenvalue weighted by molar-refractivity contribution is -0.119. The Kier molecular flexibility index (Phi) is 5.53. The lowest BCUT2D eigenvalue weighted by Gasteiger charge is -2.04. The first kappa shape index (κ1) is 20.0. The van der Waals surface area contributed by atoms with E-state index in [4.69, 9.17) is 8.83 Å². The number of carbonyl (C=O) groups excluding carboxylic acids is 3. The van der Waals surface area contributed by atoms with Crippen molar-refractivity contribution in [1.82, 2.24) is 10.6 Å². The summed E-state index contributed by atoms with van der Waals surface area (Å²) in [5, 5.41) is 8.53. The molecule has 2 heterocycles. The van der Waals surface area contributed by atoms with Gasteiger partial charge in [-0.2, -0.15) is 0 Å². The summed E-state index contributed by atoms with van der Waals surface area (Å²) in [4.78, 5) is 35.7. The molecule has 156 valence electrons. The molecule has 4 aromatic rings. The van der Waals surface area contributed by atoms with Crippen molar-refractivity contribution < 1.29 is 23.2 Å². The smallest absolute Gasteiger partial charge is 0.291 e. The first-order valence-corrected chi connectivity index (χ1v) is 9.52. The van der Waals surface area contributed by atoms with E-state index in [1.165, 1.54) is 13.1 Å². The van der Waals surface area contributed by atoms with Gasteiger partial charge in [-0.05, 0) is 48.5 Å². The van der Waals surface area contributed by atoms with Gasteiger partial charge in [-0.1, -0.05) is 18.2 Å². The van der Waals surface area contributed by atoms with Gasteiger partial charge in [-0.25, -0.2) is 0 Å². The lowest BCUT2D eigenvalue weighted by atomic mass is 10.1. The van der Waals surface area contributed by atoms with Gasteiger partial charge in [0, 0.05) is 23.7 Å². The fourth-order valence-electron chi connectivity index (χ4n) is 2.96. The van der Waals surface area contributed by atoms with E-state index < -0.39 is 5.91 Å². The third kappa shape index (κ3) is 4.48. The molecular weight excluding hydrogens is 398 g/mol.